The summed E-state index contributed by atoms with van der Waals surface area (Å²) in [4.78, 5) is 18.6. The van der Waals surface area contributed by atoms with Gasteiger partial charge in [-0.1, -0.05) is 18.2 Å². The molecule has 2 atom stereocenters. The van der Waals surface area contributed by atoms with Crippen LogP contribution in [0.25, 0.3) is 11.1 Å². The molecular formula is C27H24F2N2O2. The van der Waals surface area contributed by atoms with Crippen molar-refractivity contribution in [3.05, 3.63) is 88.7 Å². The number of carbonyl (C=O) groups excluding carboxylic acids is 1. The fourth-order valence-corrected chi connectivity index (χ4v) is 5.70. The van der Waals surface area contributed by atoms with E-state index >= 15 is 0 Å². The van der Waals surface area contributed by atoms with Crippen molar-refractivity contribution in [3.63, 3.8) is 0 Å². The fraction of sp³-hybridized carbons (Fsp3) is 0.333. The highest BCUT2D eigenvalue weighted by atomic mass is 19.1. The van der Waals surface area contributed by atoms with Crippen LogP contribution in [0.5, 0.6) is 0 Å². The molecule has 4 nitrogen and oxygen atoms in total. The van der Waals surface area contributed by atoms with Gasteiger partial charge in [0.25, 0.3) is 5.91 Å². The van der Waals surface area contributed by atoms with E-state index in [2.05, 4.69) is 17.1 Å². The molecule has 2 unspecified atom stereocenters. The summed E-state index contributed by atoms with van der Waals surface area (Å²) in [6, 6.07) is 13.8. The third-order valence-corrected chi connectivity index (χ3v) is 7.50. The standard InChI is InChI=1S/C27H24F2N2O2/c28-18-4-6-20(21(12-18)16-1-2-16)17-3-7-23-22(11-17)25(32)13-27(23)9-10-31(15-27)26(33)24-8-5-19(29)14-30-24/h3-8,11-12,14,16,25,32H,1-2,9-10,13,15H2. The van der Waals surface area contributed by atoms with Gasteiger partial charge in [-0.2, -0.15) is 0 Å². The van der Waals surface area contributed by atoms with E-state index in [4.69, 9.17) is 0 Å². The van der Waals surface area contributed by atoms with Crippen LogP contribution in [-0.4, -0.2) is 34.0 Å². The molecule has 2 aromatic carbocycles. The molecule has 6 heteroatoms. The third kappa shape index (κ3) is 3.44. The lowest BCUT2D eigenvalue weighted by Crippen LogP contribution is -2.33. The van der Waals surface area contributed by atoms with Gasteiger partial charge in [-0.25, -0.2) is 13.8 Å². The number of nitrogens with zero attached hydrogens (tertiary/aromatic N) is 2. The number of aliphatic hydroxyl groups is 1. The van der Waals surface area contributed by atoms with E-state index in [-0.39, 0.29) is 22.8 Å². The lowest BCUT2D eigenvalue weighted by atomic mass is 9.80. The largest absolute Gasteiger partial charge is 0.388 e. The molecule has 1 amide bonds. The van der Waals surface area contributed by atoms with Crippen LogP contribution in [0.1, 0.15) is 64.9 Å². The van der Waals surface area contributed by atoms with Gasteiger partial charge in [0.15, 0.2) is 0 Å². The summed E-state index contributed by atoms with van der Waals surface area (Å²) in [5.41, 5.74) is 4.97. The van der Waals surface area contributed by atoms with Crippen molar-refractivity contribution in [1.29, 1.82) is 0 Å². The van der Waals surface area contributed by atoms with Crippen molar-refractivity contribution in [2.45, 2.75) is 43.1 Å². The van der Waals surface area contributed by atoms with Gasteiger partial charge in [0, 0.05) is 18.5 Å². The fourth-order valence-electron chi connectivity index (χ4n) is 5.70. The predicted molar refractivity (Wildman–Crippen MR) is 120 cm³/mol. The van der Waals surface area contributed by atoms with Crippen LogP contribution in [0, 0.1) is 11.6 Å². The average Bonchev–Trinajstić information content (AvgIpc) is 3.53. The molecule has 2 fully saturated rings. The van der Waals surface area contributed by atoms with Crippen molar-refractivity contribution in [3.8, 4) is 11.1 Å². The van der Waals surface area contributed by atoms with Gasteiger partial charge in [0.2, 0.25) is 0 Å². The minimum Gasteiger partial charge on any atom is -0.388 e. The summed E-state index contributed by atoms with van der Waals surface area (Å²) in [5, 5.41) is 11.0. The minimum absolute atomic E-state index is 0.216. The van der Waals surface area contributed by atoms with Crippen molar-refractivity contribution in [2.24, 2.45) is 0 Å². The smallest absolute Gasteiger partial charge is 0.272 e. The van der Waals surface area contributed by atoms with Crippen LogP contribution in [0.3, 0.4) is 0 Å². The average molecular weight is 446 g/mol. The third-order valence-electron chi connectivity index (χ3n) is 7.50. The number of hydrogen-bond acceptors (Lipinski definition) is 3. The highest BCUT2D eigenvalue weighted by Crippen LogP contribution is 2.52. The lowest BCUT2D eigenvalue weighted by Gasteiger charge is -2.25. The number of fused-ring (bicyclic) bond motifs is 2. The summed E-state index contributed by atoms with van der Waals surface area (Å²) >= 11 is 0. The molecule has 1 saturated heterocycles. The van der Waals surface area contributed by atoms with E-state index < -0.39 is 11.9 Å². The van der Waals surface area contributed by atoms with Crippen LogP contribution < -0.4 is 0 Å². The number of aliphatic hydroxyl groups excluding tert-OH is 1. The van der Waals surface area contributed by atoms with Crippen LogP contribution >= 0.6 is 0 Å². The Morgan fingerprint density at radius 1 is 1.03 bits per heavy atom. The molecule has 3 aromatic rings. The second kappa shape index (κ2) is 7.45. The molecule has 33 heavy (non-hydrogen) atoms. The molecule has 2 heterocycles. The summed E-state index contributed by atoms with van der Waals surface area (Å²) in [5.74, 6) is -0.493. The molecule has 0 radical (unpaired) electrons. The van der Waals surface area contributed by atoms with Gasteiger partial charge >= 0.3 is 0 Å². The molecule has 168 valence electrons. The number of hydrogen-bond donors (Lipinski definition) is 1. The van der Waals surface area contributed by atoms with Gasteiger partial charge in [0.05, 0.1) is 12.3 Å². The van der Waals surface area contributed by atoms with Gasteiger partial charge in [-0.15, -0.1) is 0 Å². The number of benzene rings is 2. The first-order valence-electron chi connectivity index (χ1n) is 11.5. The number of amides is 1. The van der Waals surface area contributed by atoms with E-state index in [9.17, 15) is 18.7 Å². The van der Waals surface area contributed by atoms with Gasteiger partial charge in [-0.05, 0) is 89.8 Å². The highest BCUT2D eigenvalue weighted by molar-refractivity contribution is 5.92. The second-order valence-corrected chi connectivity index (χ2v) is 9.65. The monoisotopic (exact) mass is 446 g/mol. The maximum Gasteiger partial charge on any atom is 0.272 e. The molecule has 1 saturated carbocycles. The molecule has 6 rings (SSSR count). The van der Waals surface area contributed by atoms with Gasteiger partial charge in [-0.3, -0.25) is 4.79 Å². The number of aromatic nitrogens is 1. The topological polar surface area (TPSA) is 53.4 Å². The lowest BCUT2D eigenvalue weighted by molar-refractivity contribution is 0.0770. The first-order valence-corrected chi connectivity index (χ1v) is 11.5. The molecule has 3 aliphatic rings. The van der Waals surface area contributed by atoms with Crippen LogP contribution in [0.2, 0.25) is 0 Å². The van der Waals surface area contributed by atoms with Crippen molar-refractivity contribution in [2.75, 3.05) is 13.1 Å². The molecule has 1 aromatic heterocycles. The number of carbonyl (C=O) groups is 1. The Balaban J connectivity index is 1.31. The molecule has 1 aliphatic heterocycles. The van der Waals surface area contributed by atoms with E-state index in [0.29, 0.717) is 25.4 Å². The highest BCUT2D eigenvalue weighted by Gasteiger charge is 2.48. The van der Waals surface area contributed by atoms with E-state index in [1.54, 1.807) is 11.0 Å². The zero-order chi connectivity index (χ0) is 22.7. The Kier molecular flexibility index (Phi) is 4.63. The minimum atomic E-state index is -0.608. The van der Waals surface area contributed by atoms with Crippen LogP contribution in [0.15, 0.2) is 54.7 Å². The maximum atomic E-state index is 13.9. The van der Waals surface area contributed by atoms with Crippen molar-refractivity contribution >= 4 is 5.91 Å². The van der Waals surface area contributed by atoms with Crippen LogP contribution in [-0.2, 0) is 5.41 Å². The Morgan fingerprint density at radius 2 is 1.85 bits per heavy atom. The van der Waals surface area contributed by atoms with E-state index in [0.717, 1.165) is 53.3 Å². The molecule has 0 bridgehead atoms. The second-order valence-electron chi connectivity index (χ2n) is 9.65. The molecule has 1 spiro atoms. The normalized spacial score (nSPS) is 23.8. The SMILES string of the molecule is O=C(c1ccc(F)cn1)N1CCC2(CC(O)c3cc(-c4ccc(F)cc4C4CC4)ccc32)C1. The van der Waals surface area contributed by atoms with Crippen molar-refractivity contribution < 1.29 is 18.7 Å². The zero-order valence-corrected chi connectivity index (χ0v) is 18.1. The Labute approximate surface area is 190 Å². The van der Waals surface area contributed by atoms with E-state index in [1.807, 2.05) is 12.1 Å². The van der Waals surface area contributed by atoms with Gasteiger partial charge in [0.1, 0.15) is 17.3 Å². The number of likely N-dealkylation sites (tertiary alicyclic amines) is 1. The first kappa shape index (κ1) is 20.5. The van der Waals surface area contributed by atoms with Gasteiger partial charge < -0.3 is 10.0 Å². The predicted octanol–water partition coefficient (Wildman–Crippen LogP) is 5.13. The van der Waals surface area contributed by atoms with E-state index in [1.165, 1.54) is 18.2 Å². The Hall–Kier alpha value is -3.12. The number of pyridine rings is 1. The van der Waals surface area contributed by atoms with Crippen LogP contribution in [0.4, 0.5) is 8.78 Å². The first-order chi connectivity index (χ1) is 15.9. The summed E-state index contributed by atoms with van der Waals surface area (Å²) in [6.45, 7) is 1.06. The molecular weight excluding hydrogens is 422 g/mol. The zero-order valence-electron chi connectivity index (χ0n) is 18.1. The summed E-state index contributed by atoms with van der Waals surface area (Å²) < 4.78 is 27.1. The Bertz CT molecular complexity index is 1260. The molecule has 2 aliphatic carbocycles. The summed E-state index contributed by atoms with van der Waals surface area (Å²) in [7, 11) is 0. The summed E-state index contributed by atoms with van der Waals surface area (Å²) in [6.07, 6.45) is 3.93. The quantitative estimate of drug-likeness (QED) is 0.607. The Morgan fingerprint density at radius 3 is 2.61 bits per heavy atom. The number of halogens is 2. The maximum absolute atomic E-state index is 13.9. The van der Waals surface area contributed by atoms with Crippen molar-refractivity contribution in [1.82, 2.24) is 9.88 Å². The molecule has 1 N–H and O–H groups in total. The number of rotatable bonds is 3.